The Balaban J connectivity index is 1.48. The lowest BCUT2D eigenvalue weighted by atomic mass is 9.89. The summed E-state index contributed by atoms with van der Waals surface area (Å²) in [5.41, 5.74) is 2.12. The van der Waals surface area contributed by atoms with Gasteiger partial charge in [-0.3, -0.25) is 0 Å². The van der Waals surface area contributed by atoms with Gasteiger partial charge in [0.15, 0.2) is 12.2 Å². The summed E-state index contributed by atoms with van der Waals surface area (Å²) in [6, 6.07) is 13.4. The SMILES string of the molecule is CO[C@@H]1[C@H](OC(=O)c2ccc(C)[nH]2)[C@@H](Oc2ccc3c(N(C)C)cc(=O)oc3c2C)[C@@H](Oc2ccc3c(N(C)C)cc(=O)oc3c2C)OC1(C)C. The third-order valence-corrected chi connectivity index (χ3v) is 9.19. The van der Waals surface area contributed by atoms with Crippen LogP contribution in [0.4, 0.5) is 11.4 Å². The van der Waals surface area contributed by atoms with Gasteiger partial charge in [-0.25, -0.2) is 14.4 Å². The second kappa shape index (κ2) is 13.5. The maximum Gasteiger partial charge on any atom is 0.355 e. The molecular weight excluding hydrogens is 658 g/mol. The molecule has 270 valence electrons. The molecule has 13 nitrogen and oxygen atoms in total. The number of fused-ring (bicyclic) bond motifs is 2. The molecule has 13 heteroatoms. The standard InChI is InChI=1S/C38H43N3O10/c1-19-11-14-24(39-19)36(44)50-33-34(46-27-15-12-22-25(40(6)7)17-29(42)48-31(22)20(27)2)37(51-38(4,5)35(33)45-10)47-28-16-13-23-26(41(8)9)18-30(43)49-32(23)21(28)3/h11-18,33-35,37,39H,1-10H3/t33-,34-,35-,37+/m1/s1. The molecule has 3 aromatic heterocycles. The van der Waals surface area contributed by atoms with Crippen molar-refractivity contribution in [1.29, 1.82) is 0 Å². The van der Waals surface area contributed by atoms with Crippen molar-refractivity contribution in [3.05, 3.63) is 91.9 Å². The zero-order valence-electron chi connectivity index (χ0n) is 30.4. The van der Waals surface area contributed by atoms with Crippen molar-refractivity contribution in [3.63, 3.8) is 0 Å². The summed E-state index contributed by atoms with van der Waals surface area (Å²) < 4.78 is 43.4. The Labute approximate surface area is 294 Å². The number of nitrogens with one attached hydrogen (secondary N) is 1. The number of benzene rings is 2. The van der Waals surface area contributed by atoms with Crippen LogP contribution in [0.15, 0.2) is 67.0 Å². The number of aryl methyl sites for hydroxylation is 3. The fourth-order valence-electron chi connectivity index (χ4n) is 6.65. The van der Waals surface area contributed by atoms with Crippen LogP contribution in [0.25, 0.3) is 21.9 Å². The molecule has 5 aromatic rings. The van der Waals surface area contributed by atoms with Gasteiger partial charge < -0.3 is 47.3 Å². The quantitative estimate of drug-likeness (QED) is 0.153. The molecule has 1 fully saturated rings. The van der Waals surface area contributed by atoms with Crippen LogP contribution in [-0.2, 0) is 14.2 Å². The number of aromatic amines is 1. The van der Waals surface area contributed by atoms with Crippen molar-refractivity contribution < 1.29 is 37.3 Å². The number of aromatic nitrogens is 1. The Bertz CT molecular complexity index is 2230. The zero-order valence-corrected chi connectivity index (χ0v) is 30.4. The van der Waals surface area contributed by atoms with Crippen molar-refractivity contribution in [2.45, 2.75) is 64.8 Å². The predicted octanol–water partition coefficient (Wildman–Crippen LogP) is 5.49. The molecule has 0 spiro atoms. The van der Waals surface area contributed by atoms with Gasteiger partial charge in [0.25, 0.3) is 0 Å². The van der Waals surface area contributed by atoms with E-state index >= 15 is 0 Å². The fraction of sp³-hybridized carbons (Fsp3) is 0.395. The lowest BCUT2D eigenvalue weighted by Crippen LogP contribution is -2.66. The molecule has 0 aliphatic carbocycles. The first-order valence-electron chi connectivity index (χ1n) is 16.5. The van der Waals surface area contributed by atoms with Crippen molar-refractivity contribution in [2.24, 2.45) is 0 Å². The van der Waals surface area contributed by atoms with E-state index in [0.717, 1.165) is 11.1 Å². The summed E-state index contributed by atoms with van der Waals surface area (Å²) in [6.07, 6.45) is -4.21. The molecule has 0 saturated carbocycles. The van der Waals surface area contributed by atoms with E-state index < -0.39 is 47.4 Å². The fourth-order valence-corrected chi connectivity index (χ4v) is 6.65. The van der Waals surface area contributed by atoms with Gasteiger partial charge in [0.2, 0.25) is 6.29 Å². The van der Waals surface area contributed by atoms with Crippen molar-refractivity contribution >= 4 is 39.3 Å². The number of carbonyl (C=O) groups is 1. The minimum absolute atomic E-state index is 0.250. The van der Waals surface area contributed by atoms with Gasteiger partial charge in [-0.2, -0.15) is 0 Å². The largest absolute Gasteiger partial charge is 0.479 e. The van der Waals surface area contributed by atoms with Crippen LogP contribution >= 0.6 is 0 Å². The van der Waals surface area contributed by atoms with Crippen molar-refractivity contribution in [2.75, 3.05) is 45.1 Å². The molecule has 1 N–H and O–H groups in total. The number of anilines is 2. The van der Waals surface area contributed by atoms with Crippen molar-refractivity contribution in [3.8, 4) is 11.5 Å². The normalized spacial score (nSPS) is 20.0. The molecule has 1 aliphatic rings. The van der Waals surface area contributed by atoms with E-state index in [-0.39, 0.29) is 5.69 Å². The summed E-state index contributed by atoms with van der Waals surface area (Å²) >= 11 is 0. The topological polar surface area (TPSA) is 146 Å². The zero-order chi connectivity index (χ0) is 36.9. The highest BCUT2D eigenvalue weighted by Crippen LogP contribution is 2.40. The predicted molar refractivity (Wildman–Crippen MR) is 193 cm³/mol. The van der Waals surface area contributed by atoms with Crippen LogP contribution in [0, 0.1) is 20.8 Å². The molecule has 0 radical (unpaired) electrons. The van der Waals surface area contributed by atoms with Gasteiger partial charge >= 0.3 is 17.2 Å². The second-order valence-corrected chi connectivity index (χ2v) is 13.7. The van der Waals surface area contributed by atoms with Crippen LogP contribution in [0.1, 0.15) is 41.2 Å². The summed E-state index contributed by atoms with van der Waals surface area (Å²) in [5, 5.41) is 1.43. The number of nitrogens with zero attached hydrogens (tertiary/aromatic N) is 2. The van der Waals surface area contributed by atoms with E-state index in [0.29, 0.717) is 50.6 Å². The minimum atomic E-state index is -1.19. The van der Waals surface area contributed by atoms with E-state index in [1.807, 2.05) is 58.8 Å². The first-order valence-corrected chi connectivity index (χ1v) is 16.5. The van der Waals surface area contributed by atoms with Gasteiger partial charge in [-0.1, -0.05) is 0 Å². The highest BCUT2D eigenvalue weighted by Gasteiger charge is 2.55. The van der Waals surface area contributed by atoms with Crippen LogP contribution in [0.2, 0.25) is 0 Å². The maximum absolute atomic E-state index is 13.6. The van der Waals surface area contributed by atoms with Gasteiger partial charge in [-0.05, 0) is 71.0 Å². The summed E-state index contributed by atoms with van der Waals surface area (Å²) in [6.45, 7) is 9.01. The number of rotatable bonds is 9. The number of methoxy groups -OCH3 is 1. The number of hydrogen-bond donors (Lipinski definition) is 1. The molecule has 1 saturated heterocycles. The second-order valence-electron chi connectivity index (χ2n) is 13.7. The third kappa shape index (κ3) is 6.66. The lowest BCUT2D eigenvalue weighted by molar-refractivity contribution is -0.299. The highest BCUT2D eigenvalue weighted by molar-refractivity contribution is 5.94. The summed E-state index contributed by atoms with van der Waals surface area (Å²) in [4.78, 5) is 45.5. The monoisotopic (exact) mass is 701 g/mol. The average molecular weight is 702 g/mol. The molecule has 51 heavy (non-hydrogen) atoms. The Morgan fingerprint density at radius 2 is 1.29 bits per heavy atom. The molecule has 4 atom stereocenters. The molecular formula is C38H43N3O10. The van der Waals surface area contributed by atoms with E-state index in [9.17, 15) is 14.4 Å². The smallest absolute Gasteiger partial charge is 0.355 e. The first kappa shape index (κ1) is 35.6. The van der Waals surface area contributed by atoms with Gasteiger partial charge in [0.05, 0.1) is 17.0 Å². The van der Waals surface area contributed by atoms with E-state index in [1.165, 1.54) is 19.2 Å². The third-order valence-electron chi connectivity index (χ3n) is 9.19. The average Bonchev–Trinajstić information content (AvgIpc) is 3.50. The summed E-state index contributed by atoms with van der Waals surface area (Å²) in [5.74, 6) is 0.0672. The summed E-state index contributed by atoms with van der Waals surface area (Å²) in [7, 11) is 8.88. The molecule has 0 bridgehead atoms. The Morgan fingerprint density at radius 1 is 0.765 bits per heavy atom. The van der Waals surface area contributed by atoms with Crippen molar-refractivity contribution in [1.82, 2.24) is 4.98 Å². The minimum Gasteiger partial charge on any atom is -0.479 e. The van der Waals surface area contributed by atoms with Gasteiger partial charge in [0, 0.05) is 75.0 Å². The molecule has 0 amide bonds. The first-order chi connectivity index (χ1) is 24.1. The maximum atomic E-state index is 13.6. The van der Waals surface area contributed by atoms with Gasteiger partial charge in [-0.15, -0.1) is 0 Å². The van der Waals surface area contributed by atoms with Crippen LogP contribution in [0.5, 0.6) is 11.5 Å². The molecule has 2 aromatic carbocycles. The van der Waals surface area contributed by atoms with E-state index in [2.05, 4.69) is 4.98 Å². The van der Waals surface area contributed by atoms with Crippen LogP contribution < -0.4 is 30.5 Å². The number of carbonyl (C=O) groups excluding carboxylic acids is 1. The van der Waals surface area contributed by atoms with Crippen LogP contribution in [0.3, 0.4) is 0 Å². The number of hydrogen-bond acceptors (Lipinski definition) is 12. The number of H-pyrrole nitrogens is 1. The van der Waals surface area contributed by atoms with Gasteiger partial charge in [0.1, 0.15) is 34.5 Å². The van der Waals surface area contributed by atoms with Crippen LogP contribution in [-0.4, -0.2) is 76.5 Å². The lowest BCUT2D eigenvalue weighted by Gasteiger charge is -2.48. The van der Waals surface area contributed by atoms with E-state index in [4.69, 9.17) is 32.5 Å². The Kier molecular flexibility index (Phi) is 9.38. The Morgan fingerprint density at radius 3 is 1.76 bits per heavy atom. The van der Waals surface area contributed by atoms with E-state index in [1.54, 1.807) is 50.2 Å². The number of esters is 1. The Hall–Kier alpha value is -5.27. The highest BCUT2D eigenvalue weighted by atomic mass is 16.7. The molecule has 1 aliphatic heterocycles. The number of ether oxygens (including phenoxy) is 5. The molecule has 0 unspecified atom stereocenters. The molecule has 4 heterocycles. The molecule has 6 rings (SSSR count).